The van der Waals surface area contributed by atoms with Crippen LogP contribution in [0, 0.1) is 6.92 Å². The van der Waals surface area contributed by atoms with Gasteiger partial charge in [-0.1, -0.05) is 24.6 Å². The summed E-state index contributed by atoms with van der Waals surface area (Å²) in [4.78, 5) is 51.2. The molecule has 1 unspecified atom stereocenters. The van der Waals surface area contributed by atoms with Crippen LogP contribution in [-0.4, -0.2) is 74.1 Å². The van der Waals surface area contributed by atoms with Crippen molar-refractivity contribution in [2.75, 3.05) is 34.5 Å². The summed E-state index contributed by atoms with van der Waals surface area (Å²) >= 11 is 6.06. The Kier molecular flexibility index (Phi) is 16.2. The van der Waals surface area contributed by atoms with Crippen molar-refractivity contribution in [3.8, 4) is 0 Å². The highest BCUT2D eigenvalue weighted by molar-refractivity contribution is 6.30. The van der Waals surface area contributed by atoms with Gasteiger partial charge in [-0.25, -0.2) is 10.6 Å². The second kappa shape index (κ2) is 17.5. The number of hydrogen-bond donors (Lipinski definition) is 4. The van der Waals surface area contributed by atoms with Gasteiger partial charge < -0.3 is 20.1 Å². The molecule has 14 heteroatoms. The van der Waals surface area contributed by atoms with E-state index in [9.17, 15) is 19.2 Å². The van der Waals surface area contributed by atoms with Gasteiger partial charge in [0.15, 0.2) is 0 Å². The van der Waals surface area contributed by atoms with E-state index in [1.54, 1.807) is 53.9 Å². The number of hydrogen-bond acceptors (Lipinski definition) is 10. The molecule has 0 aliphatic heterocycles. The summed E-state index contributed by atoms with van der Waals surface area (Å²) in [5.74, 6) is 4.17. The van der Waals surface area contributed by atoms with E-state index >= 15 is 0 Å². The van der Waals surface area contributed by atoms with E-state index in [2.05, 4.69) is 20.8 Å². The monoisotopic (exact) mass is 560 g/mol. The fourth-order valence-electron chi connectivity index (χ4n) is 2.68. The zero-order chi connectivity index (χ0) is 29.5. The van der Waals surface area contributed by atoms with E-state index in [1.807, 2.05) is 13.0 Å². The lowest BCUT2D eigenvalue weighted by atomic mass is 10.0. The van der Waals surface area contributed by atoms with E-state index in [-0.39, 0.29) is 25.6 Å². The topological polar surface area (TPSA) is 165 Å². The Bertz CT molecular complexity index is 904. The molecule has 0 saturated heterocycles. The minimum absolute atomic E-state index is 0.0548. The van der Waals surface area contributed by atoms with Crippen LogP contribution < -0.4 is 21.9 Å². The fourth-order valence-corrected chi connectivity index (χ4v) is 2.98. The van der Waals surface area contributed by atoms with Crippen LogP contribution in [0.2, 0.25) is 5.02 Å². The van der Waals surface area contributed by atoms with Crippen LogP contribution in [0.5, 0.6) is 0 Å². The lowest BCUT2D eigenvalue weighted by Crippen LogP contribution is -2.42. The van der Waals surface area contributed by atoms with Gasteiger partial charge in [-0.2, -0.15) is 5.01 Å². The number of carbonyl (C=O) groups excluding carboxylic acids is 4. The lowest BCUT2D eigenvalue weighted by Gasteiger charge is -2.21. The van der Waals surface area contributed by atoms with Gasteiger partial charge in [0.25, 0.3) is 0 Å². The highest BCUT2D eigenvalue weighted by Gasteiger charge is 2.21. The average Bonchev–Trinajstić information content (AvgIpc) is 2.79. The molecule has 0 aliphatic carbocycles. The number of methoxy groups -OCH3 is 1. The number of hydrazine groups is 2. The molecule has 3 amide bonds. The molecule has 0 radical (unpaired) electrons. The smallest absolute Gasteiger partial charge is 0.408 e. The minimum Gasteiger partial charge on any atom is -0.469 e. The van der Waals surface area contributed by atoms with E-state index in [1.165, 1.54) is 12.1 Å². The van der Waals surface area contributed by atoms with Crippen LogP contribution in [0.1, 0.15) is 57.7 Å². The number of nitrogens with zero attached hydrogens (tertiary/aromatic N) is 2. The Morgan fingerprint density at radius 3 is 2.24 bits per heavy atom. The van der Waals surface area contributed by atoms with Crippen molar-refractivity contribution >= 4 is 35.5 Å². The van der Waals surface area contributed by atoms with Crippen molar-refractivity contribution in [3.63, 3.8) is 0 Å². The van der Waals surface area contributed by atoms with Crippen LogP contribution >= 0.6 is 11.6 Å². The zero-order valence-electron chi connectivity index (χ0n) is 23.3. The van der Waals surface area contributed by atoms with Crippen molar-refractivity contribution in [1.29, 1.82) is 0 Å². The number of benzene rings is 1. The fraction of sp³-hybridized carbons (Fsp3) is 0.583. The van der Waals surface area contributed by atoms with Gasteiger partial charge in [0.1, 0.15) is 18.9 Å². The number of halogens is 1. The predicted molar refractivity (Wildman–Crippen MR) is 142 cm³/mol. The first-order valence-corrected chi connectivity index (χ1v) is 12.2. The van der Waals surface area contributed by atoms with Crippen molar-refractivity contribution < 1.29 is 33.5 Å². The Morgan fingerprint density at radius 2 is 1.74 bits per heavy atom. The molecule has 38 heavy (non-hydrogen) atoms. The SMILES string of the molecule is CCC(=O)NN(C)CON(C)N.COC(=O)CC(NC(=O)CNC(=O)OC(C)(C)C)c1cc(C)cc(Cl)c1. The minimum atomic E-state index is -0.698. The van der Waals surface area contributed by atoms with E-state index in [0.717, 1.165) is 10.7 Å². The predicted octanol–water partition coefficient (Wildman–Crippen LogP) is 1.95. The average molecular weight is 561 g/mol. The van der Waals surface area contributed by atoms with Crippen molar-refractivity contribution in [2.45, 2.75) is 59.1 Å². The molecule has 0 spiro atoms. The number of nitrogens with one attached hydrogen (secondary N) is 3. The van der Waals surface area contributed by atoms with Gasteiger partial charge in [-0.3, -0.25) is 24.6 Å². The van der Waals surface area contributed by atoms with Gasteiger partial charge in [0, 0.05) is 25.5 Å². The van der Waals surface area contributed by atoms with E-state index in [0.29, 0.717) is 17.0 Å². The molecule has 1 aromatic carbocycles. The zero-order valence-corrected chi connectivity index (χ0v) is 24.1. The molecule has 1 atom stereocenters. The number of alkyl carbamates (subject to hydrolysis) is 1. The molecule has 0 aromatic heterocycles. The highest BCUT2D eigenvalue weighted by Crippen LogP contribution is 2.23. The Balaban J connectivity index is 0.000000958. The molecule has 0 bridgehead atoms. The molecule has 5 N–H and O–H groups in total. The van der Waals surface area contributed by atoms with Crippen LogP contribution in [0.25, 0.3) is 0 Å². The number of ether oxygens (including phenoxy) is 2. The normalized spacial score (nSPS) is 11.7. The summed E-state index contributed by atoms with van der Waals surface area (Å²) < 4.78 is 9.75. The molecule has 216 valence electrons. The van der Waals surface area contributed by atoms with Crippen LogP contribution in [0.15, 0.2) is 18.2 Å². The summed E-state index contributed by atoms with van der Waals surface area (Å²) in [5, 5.41) is 8.16. The molecule has 0 fully saturated rings. The van der Waals surface area contributed by atoms with Gasteiger partial charge in [0.05, 0.1) is 19.6 Å². The summed E-state index contributed by atoms with van der Waals surface area (Å²) in [5.41, 5.74) is 3.48. The first kappa shape index (κ1) is 35.0. The van der Waals surface area contributed by atoms with Crippen LogP contribution in [-0.2, 0) is 28.7 Å². The number of carbonyl (C=O) groups is 4. The van der Waals surface area contributed by atoms with Gasteiger partial charge in [-0.05, 0) is 51.0 Å². The number of hydroxylamine groups is 1. The first-order chi connectivity index (χ1) is 17.6. The Morgan fingerprint density at radius 1 is 1.11 bits per heavy atom. The molecular weight excluding hydrogens is 520 g/mol. The number of rotatable bonds is 11. The second-order valence-electron chi connectivity index (χ2n) is 9.21. The van der Waals surface area contributed by atoms with Crippen molar-refractivity contribution in [2.24, 2.45) is 5.84 Å². The standard InChI is InChI=1S/C18H25ClN2O5.C6H16N4O2/c1-11-6-12(8-13(19)7-11)14(9-16(23)25-5)21-15(22)10-20-17(24)26-18(2,3)4;1-4-6(11)8-9(2)5-12-10(3)7/h6-8,14H,9-10H2,1-5H3,(H,20,24)(H,21,22);4-5,7H2,1-3H3,(H,8,11). The molecule has 0 heterocycles. The first-order valence-electron chi connectivity index (χ1n) is 11.8. The molecule has 0 saturated carbocycles. The molecule has 0 aliphatic rings. The van der Waals surface area contributed by atoms with E-state index in [4.69, 9.17) is 27.0 Å². The third-order valence-corrected chi connectivity index (χ3v) is 4.50. The number of esters is 1. The van der Waals surface area contributed by atoms with Gasteiger partial charge >= 0.3 is 12.1 Å². The number of amides is 3. The number of aryl methyl sites for hydroxylation is 1. The van der Waals surface area contributed by atoms with Gasteiger partial charge in [0.2, 0.25) is 11.8 Å². The maximum absolute atomic E-state index is 12.2. The molecule has 1 rings (SSSR count). The summed E-state index contributed by atoms with van der Waals surface area (Å²) in [7, 11) is 4.53. The van der Waals surface area contributed by atoms with Crippen LogP contribution in [0.4, 0.5) is 4.79 Å². The van der Waals surface area contributed by atoms with Gasteiger partial charge in [-0.15, -0.1) is 5.17 Å². The third kappa shape index (κ3) is 17.5. The molecule has 1 aromatic rings. The third-order valence-electron chi connectivity index (χ3n) is 4.28. The van der Waals surface area contributed by atoms with Crippen molar-refractivity contribution in [3.05, 3.63) is 34.3 Å². The van der Waals surface area contributed by atoms with Crippen molar-refractivity contribution in [1.82, 2.24) is 26.2 Å². The quantitative estimate of drug-likeness (QED) is 0.136. The maximum Gasteiger partial charge on any atom is 0.408 e. The molecular formula is C24H41ClN6O7. The Labute approximate surface area is 229 Å². The highest BCUT2D eigenvalue weighted by atomic mass is 35.5. The summed E-state index contributed by atoms with van der Waals surface area (Å²) in [6, 6.07) is 4.63. The summed E-state index contributed by atoms with van der Waals surface area (Å²) in [6.45, 7) is 8.74. The molecule has 13 nitrogen and oxygen atoms in total. The summed E-state index contributed by atoms with van der Waals surface area (Å²) in [6.07, 6.45) is -0.312. The van der Waals surface area contributed by atoms with E-state index < -0.39 is 29.6 Å². The largest absolute Gasteiger partial charge is 0.469 e. The lowest BCUT2D eigenvalue weighted by molar-refractivity contribution is -0.183. The second-order valence-corrected chi connectivity index (χ2v) is 9.65. The maximum atomic E-state index is 12.2. The number of nitrogens with two attached hydrogens (primary N) is 1. The van der Waals surface area contributed by atoms with Crippen LogP contribution in [0.3, 0.4) is 0 Å². The Hall–Kier alpha value is -2.97.